The van der Waals surface area contributed by atoms with Crippen LogP contribution in [0.3, 0.4) is 0 Å². The van der Waals surface area contributed by atoms with Gasteiger partial charge in [-0.15, -0.1) is 0 Å². The highest BCUT2D eigenvalue weighted by atomic mass is 15.0. The zero-order valence-electron chi connectivity index (χ0n) is 16.9. The second kappa shape index (κ2) is 5.41. The van der Waals surface area contributed by atoms with Crippen molar-refractivity contribution in [1.82, 2.24) is 9.38 Å². The number of aromatic nitrogens is 2. The average molecular weight is 394 g/mol. The third kappa shape index (κ3) is 1.91. The van der Waals surface area contributed by atoms with Crippen LogP contribution in [0.5, 0.6) is 0 Å². The van der Waals surface area contributed by atoms with Crippen molar-refractivity contribution in [1.29, 1.82) is 0 Å². The fourth-order valence-electron chi connectivity index (χ4n) is 5.95. The van der Waals surface area contributed by atoms with Crippen molar-refractivity contribution in [3.8, 4) is 22.3 Å². The molecule has 0 saturated carbocycles. The molecule has 144 valence electrons. The van der Waals surface area contributed by atoms with Gasteiger partial charge < -0.3 is 0 Å². The van der Waals surface area contributed by atoms with Crippen molar-refractivity contribution < 1.29 is 0 Å². The molecule has 2 heterocycles. The molecule has 0 unspecified atom stereocenters. The minimum absolute atomic E-state index is 1.00. The maximum atomic E-state index is 4.84. The van der Waals surface area contributed by atoms with Crippen LogP contribution < -0.4 is 0 Å². The van der Waals surface area contributed by atoms with Crippen LogP contribution in [0.4, 0.5) is 0 Å². The minimum atomic E-state index is 1.00. The summed E-state index contributed by atoms with van der Waals surface area (Å²) in [5.74, 6) is 0. The first-order chi connectivity index (χ1) is 15.4. The first kappa shape index (κ1) is 15.9. The number of fused-ring (bicyclic) bond motifs is 13. The first-order valence-corrected chi connectivity index (χ1v) is 10.9. The second-order valence-electron chi connectivity index (χ2n) is 8.84. The Morgan fingerprint density at radius 3 is 2.32 bits per heavy atom. The Labute approximate surface area is 179 Å². The van der Waals surface area contributed by atoms with Crippen LogP contribution in [0.25, 0.3) is 49.6 Å². The Balaban J connectivity index is 1.58. The Morgan fingerprint density at radius 2 is 1.42 bits per heavy atom. The van der Waals surface area contributed by atoms with E-state index in [1.165, 1.54) is 66.2 Å². The second-order valence-corrected chi connectivity index (χ2v) is 8.84. The van der Waals surface area contributed by atoms with Crippen LogP contribution in [0.15, 0.2) is 85.2 Å². The van der Waals surface area contributed by atoms with Crippen molar-refractivity contribution in [2.75, 3.05) is 0 Å². The lowest BCUT2D eigenvalue weighted by atomic mass is 9.94. The fourth-order valence-corrected chi connectivity index (χ4v) is 5.95. The highest BCUT2D eigenvalue weighted by molar-refractivity contribution is 6.19. The third-order valence-electron chi connectivity index (χ3n) is 7.28. The van der Waals surface area contributed by atoms with Gasteiger partial charge in [0.15, 0.2) is 0 Å². The SMILES string of the molecule is c1ccc2c(c1)Cc1cc3c(cc1-2)c1ccc2c(c1c1nccn31)-c1ccccc1C2. The van der Waals surface area contributed by atoms with Gasteiger partial charge in [-0.1, -0.05) is 60.7 Å². The van der Waals surface area contributed by atoms with Crippen molar-refractivity contribution >= 4 is 27.3 Å². The molecule has 0 aliphatic heterocycles. The zero-order valence-corrected chi connectivity index (χ0v) is 16.9. The predicted molar refractivity (Wildman–Crippen MR) is 127 cm³/mol. The average Bonchev–Trinajstić information content (AvgIpc) is 3.52. The van der Waals surface area contributed by atoms with Gasteiger partial charge >= 0.3 is 0 Å². The Kier molecular flexibility index (Phi) is 2.77. The summed E-state index contributed by atoms with van der Waals surface area (Å²) in [6.07, 6.45) is 6.07. The molecule has 0 radical (unpaired) electrons. The van der Waals surface area contributed by atoms with Gasteiger partial charge in [0.25, 0.3) is 0 Å². The molecule has 2 nitrogen and oxygen atoms in total. The number of rotatable bonds is 0. The Morgan fingerprint density at radius 1 is 0.645 bits per heavy atom. The van der Waals surface area contributed by atoms with E-state index >= 15 is 0 Å². The topological polar surface area (TPSA) is 17.3 Å². The van der Waals surface area contributed by atoms with Crippen LogP contribution >= 0.6 is 0 Å². The normalized spacial score (nSPS) is 13.5. The van der Waals surface area contributed by atoms with Crippen molar-refractivity contribution in [3.05, 3.63) is 107 Å². The lowest BCUT2D eigenvalue weighted by Crippen LogP contribution is -1.95. The molecular weight excluding hydrogens is 376 g/mol. The van der Waals surface area contributed by atoms with Crippen LogP contribution in [0.2, 0.25) is 0 Å². The van der Waals surface area contributed by atoms with Crippen LogP contribution in [0.1, 0.15) is 22.3 Å². The summed E-state index contributed by atoms with van der Waals surface area (Å²) in [5.41, 5.74) is 13.5. The molecule has 4 aromatic carbocycles. The maximum Gasteiger partial charge on any atom is 0.145 e. The Hall–Kier alpha value is -3.91. The Bertz CT molecular complexity index is 1740. The number of hydrogen-bond donors (Lipinski definition) is 0. The van der Waals surface area contributed by atoms with Gasteiger partial charge in [0.05, 0.1) is 5.52 Å². The summed E-state index contributed by atoms with van der Waals surface area (Å²) in [7, 11) is 0. The number of hydrogen-bond acceptors (Lipinski definition) is 1. The highest BCUT2D eigenvalue weighted by Crippen LogP contribution is 2.46. The van der Waals surface area contributed by atoms with E-state index in [0.717, 1.165) is 18.5 Å². The summed E-state index contributed by atoms with van der Waals surface area (Å²) in [4.78, 5) is 4.84. The van der Waals surface area contributed by atoms with E-state index in [1.54, 1.807) is 0 Å². The minimum Gasteiger partial charge on any atom is -0.299 e. The van der Waals surface area contributed by atoms with Gasteiger partial charge in [-0.2, -0.15) is 0 Å². The molecule has 8 rings (SSSR count). The van der Waals surface area contributed by atoms with Gasteiger partial charge in [0.2, 0.25) is 0 Å². The summed E-state index contributed by atoms with van der Waals surface area (Å²) in [6, 6.07) is 27.1. The first-order valence-electron chi connectivity index (χ1n) is 10.9. The van der Waals surface area contributed by atoms with Crippen molar-refractivity contribution in [2.24, 2.45) is 0 Å². The van der Waals surface area contributed by atoms with E-state index in [4.69, 9.17) is 4.98 Å². The number of nitrogens with zero attached hydrogens (tertiary/aromatic N) is 2. The standard InChI is InChI=1S/C29H18N2/c1-3-7-21-17(5-1)14-20-15-26-25(16-24(20)21)23-10-9-19-13-18-6-2-4-8-22(18)27(19)28(23)29-30-11-12-31(26)29/h1-12,15-16H,13-14H2. The molecule has 2 heteroatoms. The molecule has 0 atom stereocenters. The maximum absolute atomic E-state index is 4.84. The smallest absolute Gasteiger partial charge is 0.145 e. The molecular formula is C29H18N2. The van der Waals surface area contributed by atoms with E-state index in [1.807, 2.05) is 6.20 Å². The molecule has 2 aromatic heterocycles. The molecule has 0 N–H and O–H groups in total. The molecule has 0 saturated heterocycles. The number of imidazole rings is 1. The molecule has 6 aromatic rings. The number of pyridine rings is 1. The largest absolute Gasteiger partial charge is 0.299 e. The van der Waals surface area contributed by atoms with Crippen LogP contribution in [0, 0.1) is 0 Å². The van der Waals surface area contributed by atoms with E-state index in [2.05, 4.69) is 83.4 Å². The summed E-state index contributed by atoms with van der Waals surface area (Å²) >= 11 is 0. The lowest BCUT2D eigenvalue weighted by molar-refractivity contribution is 1.23. The monoisotopic (exact) mass is 394 g/mol. The predicted octanol–water partition coefficient (Wildman–Crippen LogP) is 6.78. The van der Waals surface area contributed by atoms with Crippen molar-refractivity contribution in [3.63, 3.8) is 0 Å². The highest BCUT2D eigenvalue weighted by Gasteiger charge is 2.25. The van der Waals surface area contributed by atoms with E-state index in [-0.39, 0.29) is 0 Å². The molecule has 0 amide bonds. The zero-order chi connectivity index (χ0) is 20.1. The van der Waals surface area contributed by atoms with Gasteiger partial charge in [0, 0.05) is 23.2 Å². The van der Waals surface area contributed by atoms with Gasteiger partial charge in [-0.05, 0) is 74.9 Å². The van der Waals surface area contributed by atoms with Gasteiger partial charge in [0.1, 0.15) is 5.65 Å². The summed E-state index contributed by atoms with van der Waals surface area (Å²) < 4.78 is 2.29. The lowest BCUT2D eigenvalue weighted by Gasteiger charge is -2.14. The van der Waals surface area contributed by atoms with Crippen molar-refractivity contribution in [2.45, 2.75) is 12.8 Å². The molecule has 0 spiro atoms. The molecule has 0 fully saturated rings. The number of benzene rings is 4. The molecule has 2 aliphatic carbocycles. The van der Waals surface area contributed by atoms with Crippen LogP contribution in [-0.2, 0) is 12.8 Å². The fraction of sp³-hybridized carbons (Fsp3) is 0.0690. The van der Waals surface area contributed by atoms with Gasteiger partial charge in [-0.25, -0.2) is 4.98 Å². The quantitative estimate of drug-likeness (QED) is 0.259. The van der Waals surface area contributed by atoms with E-state index in [0.29, 0.717) is 0 Å². The molecule has 31 heavy (non-hydrogen) atoms. The van der Waals surface area contributed by atoms with Crippen LogP contribution in [-0.4, -0.2) is 9.38 Å². The molecule has 0 bridgehead atoms. The molecule has 2 aliphatic rings. The van der Waals surface area contributed by atoms with E-state index < -0.39 is 0 Å². The summed E-state index contributed by atoms with van der Waals surface area (Å²) in [6.45, 7) is 0. The summed E-state index contributed by atoms with van der Waals surface area (Å²) in [5, 5.41) is 3.89. The van der Waals surface area contributed by atoms with E-state index in [9.17, 15) is 0 Å². The van der Waals surface area contributed by atoms with Gasteiger partial charge in [-0.3, -0.25) is 4.40 Å². The third-order valence-corrected chi connectivity index (χ3v) is 7.28.